The highest BCUT2D eigenvalue weighted by atomic mass is 19.1. The van der Waals surface area contributed by atoms with Gasteiger partial charge >= 0.3 is 0 Å². The second kappa shape index (κ2) is 5.63. The van der Waals surface area contributed by atoms with Gasteiger partial charge in [0.2, 0.25) is 0 Å². The molecular formula is C13H18FN3O2. The Bertz CT molecular complexity index is 473. The molecule has 0 saturated carbocycles. The smallest absolute Gasteiger partial charge is 0.272 e. The van der Waals surface area contributed by atoms with Crippen LogP contribution in [0.4, 0.5) is 10.1 Å². The highest BCUT2D eigenvalue weighted by Crippen LogP contribution is 2.26. The van der Waals surface area contributed by atoms with Crippen LogP contribution in [0.25, 0.3) is 0 Å². The van der Waals surface area contributed by atoms with Crippen molar-refractivity contribution in [2.24, 2.45) is 0 Å². The van der Waals surface area contributed by atoms with E-state index in [-0.39, 0.29) is 11.7 Å². The van der Waals surface area contributed by atoms with Gasteiger partial charge in [0, 0.05) is 43.9 Å². The molecule has 2 rings (SSSR count). The first-order valence-corrected chi connectivity index (χ1v) is 6.35. The first-order valence-electron chi connectivity index (χ1n) is 6.35. The Morgan fingerprint density at radius 2 is 1.95 bits per heavy atom. The van der Waals surface area contributed by atoms with Crippen LogP contribution in [0.15, 0.2) is 18.2 Å². The van der Waals surface area contributed by atoms with Crippen LogP contribution in [-0.2, 0) is 0 Å². The predicted octanol–water partition coefficient (Wildman–Crippen LogP) is 2.04. The van der Waals surface area contributed by atoms with Gasteiger partial charge in [-0.1, -0.05) is 0 Å². The number of non-ortho nitro benzene ring substituents is 1. The number of likely N-dealkylation sites (N-methyl/N-ethyl adjacent to an activating group) is 1. The van der Waals surface area contributed by atoms with E-state index in [0.717, 1.165) is 32.2 Å². The molecule has 1 unspecified atom stereocenters. The molecule has 104 valence electrons. The molecule has 6 heteroatoms. The van der Waals surface area contributed by atoms with Crippen LogP contribution in [0, 0.1) is 15.9 Å². The molecule has 5 nitrogen and oxygen atoms in total. The first-order chi connectivity index (χ1) is 8.99. The van der Waals surface area contributed by atoms with Gasteiger partial charge in [0.15, 0.2) is 0 Å². The monoisotopic (exact) mass is 267 g/mol. The zero-order valence-corrected chi connectivity index (χ0v) is 11.2. The second-order valence-electron chi connectivity index (χ2n) is 4.98. The molecular weight excluding hydrogens is 249 g/mol. The molecule has 0 aromatic heterocycles. The van der Waals surface area contributed by atoms with Crippen molar-refractivity contribution < 1.29 is 9.31 Å². The summed E-state index contributed by atoms with van der Waals surface area (Å²) in [5, 5.41) is 10.6. The maximum absolute atomic E-state index is 14.0. The Balaban J connectivity index is 2.15. The van der Waals surface area contributed by atoms with E-state index in [2.05, 4.69) is 16.8 Å². The van der Waals surface area contributed by atoms with Crippen LogP contribution in [0.5, 0.6) is 0 Å². The number of hydrogen-bond donors (Lipinski definition) is 0. The van der Waals surface area contributed by atoms with E-state index in [9.17, 15) is 14.5 Å². The third kappa shape index (κ3) is 3.08. The summed E-state index contributed by atoms with van der Waals surface area (Å²) in [5.74, 6) is -0.499. The van der Waals surface area contributed by atoms with Crippen LogP contribution >= 0.6 is 0 Å². The highest BCUT2D eigenvalue weighted by molar-refractivity contribution is 5.35. The fraction of sp³-hybridized carbons (Fsp3) is 0.538. The van der Waals surface area contributed by atoms with Gasteiger partial charge in [-0.2, -0.15) is 0 Å². The molecule has 0 N–H and O–H groups in total. The number of rotatable bonds is 3. The van der Waals surface area contributed by atoms with Crippen LogP contribution in [0.1, 0.15) is 18.5 Å². The molecule has 1 atom stereocenters. The zero-order chi connectivity index (χ0) is 14.0. The number of nitro benzene ring substituents is 1. The van der Waals surface area contributed by atoms with Crippen molar-refractivity contribution in [3.63, 3.8) is 0 Å². The lowest BCUT2D eigenvalue weighted by Gasteiger charge is -2.36. The number of benzene rings is 1. The summed E-state index contributed by atoms with van der Waals surface area (Å²) in [6.45, 7) is 5.62. The normalized spacial score (nSPS) is 19.3. The molecule has 0 aliphatic carbocycles. The summed E-state index contributed by atoms with van der Waals surface area (Å²) in [6, 6.07) is 3.83. The van der Waals surface area contributed by atoms with E-state index in [0.29, 0.717) is 5.56 Å². The summed E-state index contributed by atoms with van der Waals surface area (Å²) >= 11 is 0. The lowest BCUT2D eigenvalue weighted by atomic mass is 10.0. The van der Waals surface area contributed by atoms with Gasteiger partial charge in [-0.3, -0.25) is 15.0 Å². The molecule has 1 aliphatic heterocycles. The first kappa shape index (κ1) is 13.9. The van der Waals surface area contributed by atoms with E-state index >= 15 is 0 Å². The van der Waals surface area contributed by atoms with E-state index < -0.39 is 10.7 Å². The predicted molar refractivity (Wildman–Crippen MR) is 70.5 cm³/mol. The number of piperazine rings is 1. The fourth-order valence-corrected chi connectivity index (χ4v) is 2.37. The Labute approximate surface area is 111 Å². The van der Waals surface area contributed by atoms with Crippen LogP contribution in [0.2, 0.25) is 0 Å². The molecule has 0 radical (unpaired) electrons. The zero-order valence-electron chi connectivity index (χ0n) is 11.2. The van der Waals surface area contributed by atoms with Crippen molar-refractivity contribution in [3.8, 4) is 0 Å². The molecule has 1 aliphatic rings. The standard InChI is InChI=1S/C13H18FN3O2/c1-10(16-7-5-15(2)6-8-16)12-4-3-11(17(18)19)9-13(12)14/h3-4,9-10H,5-8H2,1-2H3. The Kier molecular flexibility index (Phi) is 4.11. The number of halogens is 1. The van der Waals surface area contributed by atoms with E-state index in [1.807, 2.05) is 6.92 Å². The molecule has 1 aromatic carbocycles. The fourth-order valence-electron chi connectivity index (χ4n) is 2.37. The SMILES string of the molecule is CC(c1ccc([N+](=O)[O-])cc1F)N1CCN(C)CC1. The van der Waals surface area contributed by atoms with E-state index in [4.69, 9.17) is 0 Å². The number of nitrogens with zero attached hydrogens (tertiary/aromatic N) is 3. The topological polar surface area (TPSA) is 49.6 Å². The average Bonchev–Trinajstić information content (AvgIpc) is 2.38. The third-order valence-electron chi connectivity index (χ3n) is 3.73. The number of hydrogen-bond acceptors (Lipinski definition) is 4. The van der Waals surface area contributed by atoms with Crippen LogP contribution in [-0.4, -0.2) is 47.9 Å². The molecule has 0 spiro atoms. The third-order valence-corrected chi connectivity index (χ3v) is 3.73. The van der Waals surface area contributed by atoms with Crippen LogP contribution < -0.4 is 0 Å². The molecule has 0 amide bonds. The minimum Gasteiger partial charge on any atom is -0.304 e. The van der Waals surface area contributed by atoms with E-state index in [1.165, 1.54) is 12.1 Å². The minimum absolute atomic E-state index is 0.0606. The van der Waals surface area contributed by atoms with Crippen molar-refractivity contribution in [1.82, 2.24) is 9.80 Å². The van der Waals surface area contributed by atoms with Gasteiger partial charge < -0.3 is 4.90 Å². The summed E-state index contributed by atoms with van der Waals surface area (Å²) < 4.78 is 14.0. The Hall–Kier alpha value is -1.53. The van der Waals surface area contributed by atoms with Crippen molar-refractivity contribution >= 4 is 5.69 Å². The van der Waals surface area contributed by atoms with Crippen molar-refractivity contribution in [3.05, 3.63) is 39.7 Å². The second-order valence-corrected chi connectivity index (χ2v) is 4.98. The highest BCUT2D eigenvalue weighted by Gasteiger charge is 2.23. The molecule has 0 bridgehead atoms. The quantitative estimate of drug-likeness (QED) is 0.621. The van der Waals surface area contributed by atoms with Crippen molar-refractivity contribution in [2.45, 2.75) is 13.0 Å². The lowest BCUT2D eigenvalue weighted by Crippen LogP contribution is -2.45. The largest absolute Gasteiger partial charge is 0.304 e. The summed E-state index contributed by atoms with van der Waals surface area (Å²) in [6.07, 6.45) is 0. The minimum atomic E-state index is -0.576. The Morgan fingerprint density at radius 1 is 1.32 bits per heavy atom. The lowest BCUT2D eigenvalue weighted by molar-refractivity contribution is -0.385. The molecule has 19 heavy (non-hydrogen) atoms. The van der Waals surface area contributed by atoms with Gasteiger partial charge in [0.25, 0.3) is 5.69 Å². The van der Waals surface area contributed by atoms with Gasteiger partial charge in [-0.05, 0) is 20.0 Å². The van der Waals surface area contributed by atoms with Crippen LogP contribution in [0.3, 0.4) is 0 Å². The molecule has 1 saturated heterocycles. The van der Waals surface area contributed by atoms with Crippen molar-refractivity contribution in [2.75, 3.05) is 33.2 Å². The summed E-state index contributed by atoms with van der Waals surface area (Å²) in [4.78, 5) is 14.4. The summed E-state index contributed by atoms with van der Waals surface area (Å²) in [5.41, 5.74) is 0.321. The average molecular weight is 267 g/mol. The van der Waals surface area contributed by atoms with E-state index in [1.54, 1.807) is 0 Å². The van der Waals surface area contributed by atoms with Crippen molar-refractivity contribution in [1.29, 1.82) is 0 Å². The number of nitro groups is 1. The van der Waals surface area contributed by atoms with Gasteiger partial charge in [0.1, 0.15) is 5.82 Å². The maximum atomic E-state index is 14.0. The molecule has 1 heterocycles. The molecule has 1 fully saturated rings. The van der Waals surface area contributed by atoms with Gasteiger partial charge in [-0.25, -0.2) is 4.39 Å². The summed E-state index contributed by atoms with van der Waals surface area (Å²) in [7, 11) is 2.06. The van der Waals surface area contributed by atoms with Gasteiger partial charge in [0.05, 0.1) is 11.0 Å². The van der Waals surface area contributed by atoms with Gasteiger partial charge in [-0.15, -0.1) is 0 Å². The maximum Gasteiger partial charge on any atom is 0.272 e. The molecule has 1 aromatic rings. The Morgan fingerprint density at radius 3 is 2.47 bits per heavy atom.